The lowest BCUT2D eigenvalue weighted by Gasteiger charge is -2.10. The summed E-state index contributed by atoms with van der Waals surface area (Å²) in [6.45, 7) is 10.5. The summed E-state index contributed by atoms with van der Waals surface area (Å²) in [5, 5.41) is 3.16. The predicted molar refractivity (Wildman–Crippen MR) is 48.8 cm³/mol. The van der Waals surface area contributed by atoms with Gasteiger partial charge >= 0.3 is 0 Å². The highest BCUT2D eigenvalue weighted by molar-refractivity contribution is 4.49. The number of morpholine rings is 1. The molecule has 0 saturated carbocycles. The summed E-state index contributed by atoms with van der Waals surface area (Å²) < 4.78 is 5.01. The summed E-state index contributed by atoms with van der Waals surface area (Å²) >= 11 is 0. The monoisotopic (exact) mass is 159 g/mol. The van der Waals surface area contributed by atoms with Crippen LogP contribution in [0.4, 0.5) is 0 Å². The van der Waals surface area contributed by atoms with Crippen LogP contribution in [0.25, 0.3) is 0 Å². The van der Waals surface area contributed by atoms with Crippen molar-refractivity contribution in [3.8, 4) is 0 Å². The molecule has 1 heterocycles. The molecule has 68 valence electrons. The first-order valence-corrected chi connectivity index (χ1v) is 4.55. The summed E-state index contributed by atoms with van der Waals surface area (Å²) in [6.07, 6.45) is 1.31. The number of hydrogen-bond donors (Lipinski definition) is 1. The van der Waals surface area contributed by atoms with Crippen LogP contribution in [-0.2, 0) is 4.74 Å². The Morgan fingerprint density at radius 1 is 1.27 bits per heavy atom. The molecule has 1 aliphatic rings. The van der Waals surface area contributed by atoms with Crippen molar-refractivity contribution in [1.29, 1.82) is 0 Å². The lowest BCUT2D eigenvalue weighted by molar-refractivity contribution is 0.109. The Bertz CT molecular complexity index is 58.5. The fourth-order valence-corrected chi connectivity index (χ4v) is 0.516. The minimum Gasteiger partial charge on any atom is -0.379 e. The summed E-state index contributed by atoms with van der Waals surface area (Å²) in [5.41, 5.74) is 0. The molecule has 0 radical (unpaired) electrons. The van der Waals surface area contributed by atoms with E-state index in [1.807, 2.05) is 0 Å². The third kappa shape index (κ3) is 9.92. The zero-order valence-electron chi connectivity index (χ0n) is 8.02. The minimum absolute atomic E-state index is 0.884. The Labute approximate surface area is 70.3 Å². The Morgan fingerprint density at radius 3 is 1.82 bits per heavy atom. The largest absolute Gasteiger partial charge is 0.379 e. The summed E-state index contributed by atoms with van der Waals surface area (Å²) in [4.78, 5) is 0. The number of rotatable bonds is 1. The van der Waals surface area contributed by atoms with E-state index < -0.39 is 0 Å². The smallest absolute Gasteiger partial charge is 0.0591 e. The molecule has 1 N–H and O–H groups in total. The van der Waals surface area contributed by atoms with Crippen molar-refractivity contribution in [3.05, 3.63) is 0 Å². The van der Waals surface area contributed by atoms with E-state index in [1.54, 1.807) is 0 Å². The SMILES string of the molecule is C1COCCN1.CCC(C)C. The molecule has 1 saturated heterocycles. The average molecular weight is 159 g/mol. The standard InChI is InChI=1S/C5H12.C4H9NO/c1-4-5(2)3;1-3-6-4-2-5-1/h5H,4H2,1-3H3;5H,1-4H2. The predicted octanol–water partition coefficient (Wildman–Crippen LogP) is 1.66. The minimum atomic E-state index is 0.884. The van der Waals surface area contributed by atoms with E-state index in [1.165, 1.54) is 6.42 Å². The third-order valence-electron chi connectivity index (χ3n) is 1.66. The normalized spacial score (nSPS) is 17.5. The van der Waals surface area contributed by atoms with Gasteiger partial charge in [0, 0.05) is 13.1 Å². The van der Waals surface area contributed by atoms with Gasteiger partial charge in [-0.3, -0.25) is 0 Å². The van der Waals surface area contributed by atoms with Crippen molar-refractivity contribution in [2.24, 2.45) is 5.92 Å². The van der Waals surface area contributed by atoms with E-state index in [-0.39, 0.29) is 0 Å². The molecule has 2 nitrogen and oxygen atoms in total. The van der Waals surface area contributed by atoms with Gasteiger partial charge in [-0.1, -0.05) is 27.2 Å². The van der Waals surface area contributed by atoms with Crippen LogP contribution < -0.4 is 5.32 Å². The molecule has 0 atom stereocenters. The molecular weight excluding hydrogens is 138 g/mol. The quantitative estimate of drug-likeness (QED) is 0.628. The van der Waals surface area contributed by atoms with Crippen molar-refractivity contribution in [2.75, 3.05) is 26.3 Å². The van der Waals surface area contributed by atoms with Gasteiger partial charge in [0.15, 0.2) is 0 Å². The summed E-state index contributed by atoms with van der Waals surface area (Å²) in [5.74, 6) is 0.884. The van der Waals surface area contributed by atoms with Crippen LogP contribution in [0.3, 0.4) is 0 Å². The first-order valence-electron chi connectivity index (χ1n) is 4.55. The van der Waals surface area contributed by atoms with E-state index in [0.29, 0.717) is 0 Å². The van der Waals surface area contributed by atoms with E-state index >= 15 is 0 Å². The van der Waals surface area contributed by atoms with Gasteiger partial charge in [0.05, 0.1) is 13.2 Å². The number of hydrogen-bond acceptors (Lipinski definition) is 2. The molecule has 1 rings (SSSR count). The third-order valence-corrected chi connectivity index (χ3v) is 1.66. The highest BCUT2D eigenvalue weighted by Gasteiger charge is 1.92. The van der Waals surface area contributed by atoms with Gasteiger partial charge in [-0.05, 0) is 5.92 Å². The number of nitrogens with one attached hydrogen (secondary N) is 1. The Kier molecular flexibility index (Phi) is 7.96. The van der Waals surface area contributed by atoms with Gasteiger partial charge in [-0.2, -0.15) is 0 Å². The summed E-state index contributed by atoms with van der Waals surface area (Å²) in [7, 11) is 0. The van der Waals surface area contributed by atoms with Gasteiger partial charge in [0.25, 0.3) is 0 Å². The van der Waals surface area contributed by atoms with Crippen molar-refractivity contribution in [1.82, 2.24) is 5.32 Å². The van der Waals surface area contributed by atoms with Crippen LogP contribution in [0, 0.1) is 5.92 Å². The van der Waals surface area contributed by atoms with Crippen LogP contribution >= 0.6 is 0 Å². The second-order valence-corrected chi connectivity index (χ2v) is 3.16. The second kappa shape index (κ2) is 8.02. The van der Waals surface area contributed by atoms with Crippen molar-refractivity contribution in [3.63, 3.8) is 0 Å². The molecule has 0 aromatic carbocycles. The molecule has 1 fully saturated rings. The molecule has 2 heteroatoms. The van der Waals surface area contributed by atoms with E-state index in [0.717, 1.165) is 32.2 Å². The lowest BCUT2D eigenvalue weighted by atomic mass is 10.2. The van der Waals surface area contributed by atoms with Gasteiger partial charge in [0.1, 0.15) is 0 Å². The zero-order valence-corrected chi connectivity index (χ0v) is 8.02. The molecule has 11 heavy (non-hydrogen) atoms. The molecule has 0 aromatic heterocycles. The van der Waals surface area contributed by atoms with E-state index in [9.17, 15) is 0 Å². The van der Waals surface area contributed by atoms with Gasteiger partial charge in [-0.15, -0.1) is 0 Å². The average Bonchev–Trinajstić information content (AvgIpc) is 2.09. The molecule has 0 amide bonds. The van der Waals surface area contributed by atoms with Crippen molar-refractivity contribution < 1.29 is 4.74 Å². The van der Waals surface area contributed by atoms with Crippen LogP contribution in [0.15, 0.2) is 0 Å². The Hall–Kier alpha value is -0.0800. The Morgan fingerprint density at radius 2 is 1.73 bits per heavy atom. The maximum Gasteiger partial charge on any atom is 0.0591 e. The molecule has 0 spiro atoms. The molecular formula is C9H21NO. The summed E-state index contributed by atoms with van der Waals surface area (Å²) in [6, 6.07) is 0. The maximum absolute atomic E-state index is 5.01. The topological polar surface area (TPSA) is 21.3 Å². The van der Waals surface area contributed by atoms with Crippen LogP contribution in [0.1, 0.15) is 27.2 Å². The van der Waals surface area contributed by atoms with Crippen LogP contribution in [-0.4, -0.2) is 26.3 Å². The highest BCUT2D eigenvalue weighted by Crippen LogP contribution is 1.93. The molecule has 0 aliphatic carbocycles. The van der Waals surface area contributed by atoms with E-state index in [4.69, 9.17) is 4.74 Å². The van der Waals surface area contributed by atoms with Gasteiger partial charge in [-0.25, -0.2) is 0 Å². The van der Waals surface area contributed by atoms with Gasteiger partial charge in [0.2, 0.25) is 0 Å². The fraction of sp³-hybridized carbons (Fsp3) is 1.00. The molecule has 0 aromatic rings. The zero-order chi connectivity index (χ0) is 8.53. The second-order valence-electron chi connectivity index (χ2n) is 3.16. The first-order chi connectivity index (χ1) is 5.27. The first kappa shape index (κ1) is 10.9. The molecule has 0 bridgehead atoms. The van der Waals surface area contributed by atoms with E-state index in [2.05, 4.69) is 26.1 Å². The van der Waals surface area contributed by atoms with Crippen molar-refractivity contribution >= 4 is 0 Å². The van der Waals surface area contributed by atoms with Crippen LogP contribution in [0.5, 0.6) is 0 Å². The fourth-order valence-electron chi connectivity index (χ4n) is 0.516. The van der Waals surface area contributed by atoms with Gasteiger partial charge < -0.3 is 10.1 Å². The van der Waals surface area contributed by atoms with Crippen molar-refractivity contribution in [2.45, 2.75) is 27.2 Å². The molecule has 0 unspecified atom stereocenters. The lowest BCUT2D eigenvalue weighted by Crippen LogP contribution is -2.30. The maximum atomic E-state index is 5.01. The Balaban J connectivity index is 0.000000187. The highest BCUT2D eigenvalue weighted by atomic mass is 16.5. The molecule has 1 aliphatic heterocycles. The number of ether oxygens (including phenoxy) is 1. The van der Waals surface area contributed by atoms with Crippen LogP contribution in [0.2, 0.25) is 0 Å².